The minimum atomic E-state index is -1.42. The minimum absolute atomic E-state index is 0.00207. The summed E-state index contributed by atoms with van der Waals surface area (Å²) in [6, 6.07) is 27.4. The van der Waals surface area contributed by atoms with Gasteiger partial charge in [-0.15, -0.1) is 0 Å². The SMILES string of the molecule is O=C(O[C@H]1[C@H](O)[C@@H](COCc2ccccc2)O[C@H](O)[C@@H]1OCc1ccccc1)c1ccccc1. The maximum absolute atomic E-state index is 12.7. The quantitative estimate of drug-likeness (QED) is 0.470. The van der Waals surface area contributed by atoms with Gasteiger partial charge in [0.1, 0.15) is 18.3 Å². The lowest BCUT2D eigenvalue weighted by Gasteiger charge is -2.42. The summed E-state index contributed by atoms with van der Waals surface area (Å²) in [5.74, 6) is -0.629. The number of hydrogen-bond donors (Lipinski definition) is 2. The third kappa shape index (κ3) is 6.28. The zero-order valence-corrected chi connectivity index (χ0v) is 18.6. The van der Waals surface area contributed by atoms with Crippen LogP contribution in [0.5, 0.6) is 0 Å². The van der Waals surface area contributed by atoms with Gasteiger partial charge in [0.25, 0.3) is 0 Å². The molecule has 1 heterocycles. The number of esters is 1. The summed E-state index contributed by atoms with van der Waals surface area (Å²) < 4.78 is 22.8. The summed E-state index contributed by atoms with van der Waals surface area (Å²) in [6.07, 6.45) is -5.86. The first-order chi connectivity index (χ1) is 16.6. The molecular weight excluding hydrogens is 436 g/mol. The number of carbonyl (C=O) groups excluding carboxylic acids is 1. The van der Waals surface area contributed by atoms with E-state index < -0.39 is 36.7 Å². The van der Waals surface area contributed by atoms with E-state index >= 15 is 0 Å². The molecule has 4 rings (SSSR count). The standard InChI is InChI=1S/C27H28O7/c28-23-22(18-31-16-19-10-4-1-5-11-19)33-27(30)25(32-17-20-12-6-2-7-13-20)24(23)34-26(29)21-14-8-3-9-15-21/h1-15,22-25,27-28,30H,16-18H2/t22-,23-,24+,25-,27+/m1/s1. The van der Waals surface area contributed by atoms with Crippen LogP contribution in [0.3, 0.4) is 0 Å². The number of ether oxygens (including phenoxy) is 4. The lowest BCUT2D eigenvalue weighted by Crippen LogP contribution is -2.60. The van der Waals surface area contributed by atoms with Crippen LogP contribution in [0.2, 0.25) is 0 Å². The first-order valence-corrected chi connectivity index (χ1v) is 11.2. The Hall–Kier alpha value is -3.07. The Kier molecular flexibility index (Phi) is 8.41. The van der Waals surface area contributed by atoms with Gasteiger partial charge in [0, 0.05) is 0 Å². The first-order valence-electron chi connectivity index (χ1n) is 11.2. The first kappa shape index (κ1) is 24.1. The van der Waals surface area contributed by atoms with Crippen molar-refractivity contribution >= 4 is 5.97 Å². The molecule has 0 amide bonds. The molecule has 0 unspecified atom stereocenters. The smallest absolute Gasteiger partial charge is 0.338 e. The fourth-order valence-corrected chi connectivity index (χ4v) is 3.76. The van der Waals surface area contributed by atoms with E-state index in [4.69, 9.17) is 18.9 Å². The van der Waals surface area contributed by atoms with Gasteiger partial charge in [0.15, 0.2) is 12.4 Å². The fraction of sp³-hybridized carbons (Fsp3) is 0.296. The fourth-order valence-electron chi connectivity index (χ4n) is 3.76. The molecule has 1 aliphatic heterocycles. The van der Waals surface area contributed by atoms with E-state index in [2.05, 4.69) is 0 Å². The van der Waals surface area contributed by atoms with Crippen LogP contribution in [0.15, 0.2) is 91.0 Å². The summed E-state index contributed by atoms with van der Waals surface area (Å²) in [6.45, 7) is 0.455. The molecule has 34 heavy (non-hydrogen) atoms. The monoisotopic (exact) mass is 464 g/mol. The Labute approximate surface area is 198 Å². The van der Waals surface area contributed by atoms with Crippen molar-refractivity contribution in [2.24, 2.45) is 0 Å². The molecule has 0 bridgehead atoms. The van der Waals surface area contributed by atoms with Gasteiger partial charge in [0.2, 0.25) is 0 Å². The van der Waals surface area contributed by atoms with Crippen LogP contribution in [0.25, 0.3) is 0 Å². The molecule has 1 aliphatic rings. The molecule has 0 aliphatic carbocycles. The number of aliphatic hydroxyl groups excluding tert-OH is 2. The molecule has 2 N–H and O–H groups in total. The molecule has 178 valence electrons. The predicted molar refractivity (Wildman–Crippen MR) is 124 cm³/mol. The second kappa shape index (κ2) is 11.9. The van der Waals surface area contributed by atoms with E-state index in [-0.39, 0.29) is 13.2 Å². The lowest BCUT2D eigenvalue weighted by molar-refractivity contribution is -0.299. The second-order valence-electron chi connectivity index (χ2n) is 8.05. The van der Waals surface area contributed by atoms with E-state index in [1.165, 1.54) is 0 Å². The Balaban J connectivity index is 1.45. The molecular formula is C27H28O7. The van der Waals surface area contributed by atoms with Crippen molar-refractivity contribution in [3.05, 3.63) is 108 Å². The van der Waals surface area contributed by atoms with Gasteiger partial charge in [-0.1, -0.05) is 78.9 Å². The average Bonchev–Trinajstić information content (AvgIpc) is 2.88. The van der Waals surface area contributed by atoms with Crippen molar-refractivity contribution in [2.45, 2.75) is 43.9 Å². The van der Waals surface area contributed by atoms with Gasteiger partial charge in [-0.2, -0.15) is 0 Å². The van der Waals surface area contributed by atoms with Crippen LogP contribution in [0.4, 0.5) is 0 Å². The van der Waals surface area contributed by atoms with Crippen LogP contribution in [-0.2, 0) is 32.2 Å². The van der Waals surface area contributed by atoms with Crippen molar-refractivity contribution in [1.29, 1.82) is 0 Å². The van der Waals surface area contributed by atoms with Gasteiger partial charge < -0.3 is 29.2 Å². The molecule has 3 aromatic rings. The zero-order chi connectivity index (χ0) is 23.8. The maximum Gasteiger partial charge on any atom is 0.338 e. The number of benzene rings is 3. The van der Waals surface area contributed by atoms with Gasteiger partial charge in [0.05, 0.1) is 25.4 Å². The molecule has 1 saturated heterocycles. The Morgan fingerprint density at radius 1 is 0.765 bits per heavy atom. The summed E-state index contributed by atoms with van der Waals surface area (Å²) in [5.41, 5.74) is 2.16. The summed E-state index contributed by atoms with van der Waals surface area (Å²) >= 11 is 0. The van der Waals surface area contributed by atoms with Gasteiger partial charge in [-0.3, -0.25) is 0 Å². The van der Waals surface area contributed by atoms with Crippen LogP contribution in [0, 0.1) is 0 Å². The topological polar surface area (TPSA) is 94.5 Å². The normalized spacial score (nSPS) is 24.5. The molecule has 5 atom stereocenters. The van der Waals surface area contributed by atoms with Crippen molar-refractivity contribution in [3.8, 4) is 0 Å². The molecule has 7 heteroatoms. The van der Waals surface area contributed by atoms with Crippen molar-refractivity contribution in [2.75, 3.05) is 6.61 Å². The third-order valence-electron chi connectivity index (χ3n) is 5.57. The highest BCUT2D eigenvalue weighted by molar-refractivity contribution is 5.89. The molecule has 0 aromatic heterocycles. The molecule has 0 spiro atoms. The zero-order valence-electron chi connectivity index (χ0n) is 18.6. The lowest BCUT2D eigenvalue weighted by atomic mass is 9.98. The van der Waals surface area contributed by atoms with Crippen molar-refractivity contribution in [1.82, 2.24) is 0 Å². The number of rotatable bonds is 9. The highest BCUT2D eigenvalue weighted by atomic mass is 16.7. The van der Waals surface area contributed by atoms with Gasteiger partial charge in [-0.05, 0) is 23.3 Å². The van der Waals surface area contributed by atoms with Gasteiger partial charge in [-0.25, -0.2) is 4.79 Å². The van der Waals surface area contributed by atoms with E-state index in [1.54, 1.807) is 30.3 Å². The number of aliphatic hydroxyl groups is 2. The summed E-state index contributed by atoms with van der Waals surface area (Å²) in [4.78, 5) is 12.7. The van der Waals surface area contributed by atoms with Crippen LogP contribution in [-0.4, -0.2) is 53.5 Å². The Morgan fingerprint density at radius 3 is 1.94 bits per heavy atom. The van der Waals surface area contributed by atoms with Crippen molar-refractivity contribution < 1.29 is 34.0 Å². The Bertz CT molecular complexity index is 1010. The van der Waals surface area contributed by atoms with Crippen LogP contribution >= 0.6 is 0 Å². The second-order valence-corrected chi connectivity index (χ2v) is 8.05. The summed E-state index contributed by atoms with van der Waals surface area (Å²) in [5, 5.41) is 21.7. The molecule has 3 aromatic carbocycles. The highest BCUT2D eigenvalue weighted by Gasteiger charge is 2.48. The van der Waals surface area contributed by atoms with Crippen molar-refractivity contribution in [3.63, 3.8) is 0 Å². The molecule has 1 fully saturated rings. The van der Waals surface area contributed by atoms with E-state index in [0.717, 1.165) is 11.1 Å². The molecule has 7 nitrogen and oxygen atoms in total. The maximum atomic E-state index is 12.7. The summed E-state index contributed by atoms with van der Waals surface area (Å²) in [7, 11) is 0. The predicted octanol–water partition coefficient (Wildman–Crippen LogP) is 3.09. The molecule has 0 radical (unpaired) electrons. The average molecular weight is 465 g/mol. The van der Waals surface area contributed by atoms with Crippen LogP contribution < -0.4 is 0 Å². The highest BCUT2D eigenvalue weighted by Crippen LogP contribution is 2.27. The van der Waals surface area contributed by atoms with E-state index in [9.17, 15) is 15.0 Å². The minimum Gasteiger partial charge on any atom is -0.453 e. The Morgan fingerprint density at radius 2 is 1.32 bits per heavy atom. The number of carbonyl (C=O) groups is 1. The van der Waals surface area contributed by atoms with E-state index in [1.807, 2.05) is 60.7 Å². The van der Waals surface area contributed by atoms with Gasteiger partial charge >= 0.3 is 5.97 Å². The number of hydrogen-bond acceptors (Lipinski definition) is 7. The molecule has 0 saturated carbocycles. The third-order valence-corrected chi connectivity index (χ3v) is 5.57. The largest absolute Gasteiger partial charge is 0.453 e. The van der Waals surface area contributed by atoms with Crippen LogP contribution in [0.1, 0.15) is 21.5 Å². The van der Waals surface area contributed by atoms with E-state index in [0.29, 0.717) is 12.2 Å².